The highest BCUT2D eigenvalue weighted by Gasteiger charge is 2.32. The normalized spacial score (nSPS) is 12.1. The van der Waals surface area contributed by atoms with E-state index in [2.05, 4.69) is 5.10 Å². The van der Waals surface area contributed by atoms with Crippen molar-refractivity contribution in [3.05, 3.63) is 75.1 Å². The van der Waals surface area contributed by atoms with Crippen molar-refractivity contribution in [3.63, 3.8) is 0 Å². The SMILES string of the molecule is Cn1c(=O)c(-c2ccc(Cl)cc2Cl)cc2c3cc(-c4ccn(C(=O)CC(F)(F)F)n4)ccc3n(C)c21. The van der Waals surface area contributed by atoms with Gasteiger partial charge in [-0.25, -0.2) is 4.68 Å². The number of fused-ring (bicyclic) bond motifs is 3. The highest BCUT2D eigenvalue weighted by atomic mass is 35.5. The molecule has 0 N–H and O–H groups in total. The van der Waals surface area contributed by atoms with Gasteiger partial charge in [-0.1, -0.05) is 35.3 Å². The third-order valence-corrected chi connectivity index (χ3v) is 6.61. The lowest BCUT2D eigenvalue weighted by atomic mass is 10.0. The molecule has 11 heteroatoms. The number of hydrogen-bond acceptors (Lipinski definition) is 3. The molecule has 0 aliphatic heterocycles. The van der Waals surface area contributed by atoms with E-state index in [4.69, 9.17) is 23.2 Å². The second-order valence-electron chi connectivity index (χ2n) is 8.41. The van der Waals surface area contributed by atoms with Crippen molar-refractivity contribution in [1.82, 2.24) is 18.9 Å². The molecule has 184 valence electrons. The van der Waals surface area contributed by atoms with Crippen molar-refractivity contribution in [2.45, 2.75) is 12.6 Å². The van der Waals surface area contributed by atoms with Gasteiger partial charge in [0.2, 0.25) is 0 Å². The lowest BCUT2D eigenvalue weighted by Crippen LogP contribution is -2.20. The Morgan fingerprint density at radius 3 is 2.39 bits per heavy atom. The number of hydrogen-bond donors (Lipinski definition) is 0. The fraction of sp³-hybridized carbons (Fsp3) is 0.160. The average Bonchev–Trinajstić information content (AvgIpc) is 3.39. The molecule has 0 unspecified atom stereocenters. The van der Waals surface area contributed by atoms with Crippen LogP contribution in [0.4, 0.5) is 13.2 Å². The fourth-order valence-electron chi connectivity index (χ4n) is 4.42. The smallest absolute Gasteiger partial charge is 0.330 e. The van der Waals surface area contributed by atoms with E-state index in [0.29, 0.717) is 42.8 Å². The van der Waals surface area contributed by atoms with Crippen LogP contribution < -0.4 is 5.56 Å². The van der Waals surface area contributed by atoms with Crippen LogP contribution in [0.25, 0.3) is 44.3 Å². The van der Waals surface area contributed by atoms with E-state index >= 15 is 0 Å². The van der Waals surface area contributed by atoms with Crippen LogP contribution in [0, 0.1) is 0 Å². The van der Waals surface area contributed by atoms with Gasteiger partial charge in [-0.2, -0.15) is 18.3 Å². The van der Waals surface area contributed by atoms with E-state index in [0.717, 1.165) is 16.3 Å². The summed E-state index contributed by atoms with van der Waals surface area (Å²) in [5.41, 5.74) is 3.15. The summed E-state index contributed by atoms with van der Waals surface area (Å²) in [5.74, 6) is -1.17. The van der Waals surface area contributed by atoms with E-state index in [-0.39, 0.29) is 5.56 Å². The Bertz CT molecular complexity index is 1750. The zero-order chi connectivity index (χ0) is 25.9. The van der Waals surface area contributed by atoms with E-state index < -0.39 is 18.5 Å². The van der Waals surface area contributed by atoms with Crippen molar-refractivity contribution in [3.8, 4) is 22.4 Å². The van der Waals surface area contributed by atoms with Crippen LogP contribution in [0.5, 0.6) is 0 Å². The molecule has 0 radical (unpaired) electrons. The Hall–Kier alpha value is -3.56. The van der Waals surface area contributed by atoms with E-state index in [1.54, 1.807) is 41.9 Å². The molecule has 0 aliphatic carbocycles. The van der Waals surface area contributed by atoms with Crippen molar-refractivity contribution in [1.29, 1.82) is 0 Å². The maximum Gasteiger partial charge on any atom is 0.397 e. The van der Waals surface area contributed by atoms with Gasteiger partial charge in [0.05, 0.1) is 16.2 Å². The Morgan fingerprint density at radius 2 is 1.69 bits per heavy atom. The van der Waals surface area contributed by atoms with Crippen LogP contribution in [0.1, 0.15) is 11.2 Å². The second kappa shape index (κ2) is 8.53. The average molecular weight is 533 g/mol. The van der Waals surface area contributed by atoms with Gasteiger partial charge in [0.1, 0.15) is 12.1 Å². The van der Waals surface area contributed by atoms with Gasteiger partial charge in [0, 0.05) is 52.8 Å². The number of aromatic nitrogens is 4. The largest absolute Gasteiger partial charge is 0.397 e. The van der Waals surface area contributed by atoms with Gasteiger partial charge in [-0.05, 0) is 36.4 Å². The molecule has 0 aliphatic rings. The fourth-order valence-corrected chi connectivity index (χ4v) is 4.93. The first-order valence-corrected chi connectivity index (χ1v) is 11.4. The van der Waals surface area contributed by atoms with Crippen molar-refractivity contribution >= 4 is 51.0 Å². The van der Waals surface area contributed by atoms with Crippen molar-refractivity contribution in [2.24, 2.45) is 14.1 Å². The van der Waals surface area contributed by atoms with E-state index in [1.165, 1.54) is 12.3 Å². The third kappa shape index (κ3) is 4.08. The molecule has 0 fully saturated rings. The number of carbonyl (C=O) groups is 1. The molecule has 2 aromatic carbocycles. The van der Waals surface area contributed by atoms with Crippen LogP contribution in [0.3, 0.4) is 0 Å². The predicted octanol–water partition coefficient (Wildman–Crippen LogP) is 6.46. The summed E-state index contributed by atoms with van der Waals surface area (Å²) in [7, 11) is 3.51. The van der Waals surface area contributed by atoms with Crippen LogP contribution in [0.2, 0.25) is 10.0 Å². The first-order chi connectivity index (χ1) is 16.9. The van der Waals surface area contributed by atoms with Gasteiger partial charge in [-0.15, -0.1) is 0 Å². The summed E-state index contributed by atoms with van der Waals surface area (Å²) < 4.78 is 41.9. The first kappa shape index (κ1) is 24.1. The standard InChI is InChI=1S/C25H17Cl2F3N4O2/c1-32-21-6-3-13(20-7-8-34(31-20)22(35)12-25(28,29)30)9-16(21)17-11-18(24(36)33(2)23(17)32)15-5-4-14(26)10-19(15)27/h3-11H,12H2,1-2H3. The molecular weight excluding hydrogens is 516 g/mol. The van der Waals surface area contributed by atoms with Crippen LogP contribution >= 0.6 is 23.2 Å². The Kier molecular flexibility index (Phi) is 5.72. The minimum Gasteiger partial charge on any atom is -0.330 e. The molecule has 0 bridgehead atoms. The van der Waals surface area contributed by atoms with Crippen molar-refractivity contribution < 1.29 is 18.0 Å². The molecule has 6 nitrogen and oxygen atoms in total. The molecule has 5 rings (SSSR count). The molecule has 0 saturated heterocycles. The minimum atomic E-state index is -4.62. The highest BCUT2D eigenvalue weighted by Crippen LogP contribution is 2.35. The first-order valence-electron chi connectivity index (χ1n) is 10.7. The number of pyridine rings is 1. The zero-order valence-corrected chi connectivity index (χ0v) is 20.4. The summed E-state index contributed by atoms with van der Waals surface area (Å²) in [6, 6.07) is 13.6. The molecule has 0 amide bonds. The summed E-state index contributed by atoms with van der Waals surface area (Å²) in [4.78, 5) is 25.1. The van der Waals surface area contributed by atoms with Crippen LogP contribution in [-0.4, -0.2) is 31.0 Å². The summed E-state index contributed by atoms with van der Waals surface area (Å²) in [5, 5.41) is 6.40. The molecular formula is C25H17Cl2F3N4O2. The van der Waals surface area contributed by atoms with Gasteiger partial charge < -0.3 is 4.57 Å². The maximum absolute atomic E-state index is 13.2. The monoisotopic (exact) mass is 532 g/mol. The number of aryl methyl sites for hydroxylation is 2. The summed E-state index contributed by atoms with van der Waals surface area (Å²) in [6.07, 6.45) is -5.01. The Balaban J connectivity index is 1.68. The number of halogens is 5. The number of alkyl halides is 3. The number of benzene rings is 2. The zero-order valence-electron chi connectivity index (χ0n) is 18.9. The molecule has 0 spiro atoms. The maximum atomic E-state index is 13.2. The lowest BCUT2D eigenvalue weighted by molar-refractivity contribution is -0.126. The van der Waals surface area contributed by atoms with E-state index in [1.807, 2.05) is 23.7 Å². The summed E-state index contributed by atoms with van der Waals surface area (Å²) in [6.45, 7) is 0. The molecule has 0 atom stereocenters. The highest BCUT2D eigenvalue weighted by molar-refractivity contribution is 6.36. The number of carbonyl (C=O) groups excluding carboxylic acids is 1. The summed E-state index contributed by atoms with van der Waals surface area (Å²) >= 11 is 12.4. The molecule has 3 heterocycles. The van der Waals surface area contributed by atoms with Gasteiger partial charge in [0.25, 0.3) is 11.5 Å². The van der Waals surface area contributed by atoms with Crippen LogP contribution in [0.15, 0.2) is 59.5 Å². The predicted molar refractivity (Wildman–Crippen MR) is 134 cm³/mol. The van der Waals surface area contributed by atoms with Crippen molar-refractivity contribution in [2.75, 3.05) is 0 Å². The Morgan fingerprint density at radius 1 is 0.944 bits per heavy atom. The minimum absolute atomic E-state index is 0.236. The molecule has 36 heavy (non-hydrogen) atoms. The lowest BCUT2D eigenvalue weighted by Gasteiger charge is -2.09. The molecule has 0 saturated carbocycles. The van der Waals surface area contributed by atoms with Gasteiger partial charge >= 0.3 is 6.18 Å². The Labute approximate surface area is 212 Å². The molecule has 5 aromatic rings. The van der Waals surface area contributed by atoms with Crippen LogP contribution in [-0.2, 0) is 14.1 Å². The molecule has 3 aromatic heterocycles. The van der Waals surface area contributed by atoms with E-state index in [9.17, 15) is 22.8 Å². The third-order valence-electron chi connectivity index (χ3n) is 6.06. The van der Waals surface area contributed by atoms with Gasteiger partial charge in [-0.3, -0.25) is 14.2 Å². The second-order valence-corrected chi connectivity index (χ2v) is 9.25. The number of rotatable bonds is 3. The topological polar surface area (TPSA) is 61.8 Å². The quantitative estimate of drug-likeness (QED) is 0.268. The van der Waals surface area contributed by atoms with Gasteiger partial charge in [0.15, 0.2) is 0 Å². The number of nitrogens with zero attached hydrogens (tertiary/aromatic N) is 4.